The number of anilines is 2. The van der Waals surface area contributed by atoms with Crippen LogP contribution in [0.3, 0.4) is 0 Å². The molecule has 32 heavy (non-hydrogen) atoms. The zero-order valence-electron chi connectivity index (χ0n) is 17.4. The van der Waals surface area contributed by atoms with Gasteiger partial charge in [0.25, 0.3) is 0 Å². The van der Waals surface area contributed by atoms with Crippen LogP contribution >= 0.6 is 0 Å². The zero-order valence-corrected chi connectivity index (χ0v) is 17.4. The molecule has 1 saturated heterocycles. The number of nitrogens with one attached hydrogen (secondary N) is 1. The Balaban J connectivity index is 1.47. The van der Waals surface area contributed by atoms with Crippen molar-refractivity contribution in [1.82, 2.24) is 9.97 Å². The summed E-state index contributed by atoms with van der Waals surface area (Å²) in [5, 5.41) is 13.1. The molecule has 0 amide bonds. The fourth-order valence-corrected chi connectivity index (χ4v) is 4.55. The van der Waals surface area contributed by atoms with Crippen molar-refractivity contribution in [2.75, 3.05) is 23.4 Å². The van der Waals surface area contributed by atoms with Crippen molar-refractivity contribution in [2.45, 2.75) is 56.7 Å². The first-order valence-electron chi connectivity index (χ1n) is 10.9. The second kappa shape index (κ2) is 8.67. The number of hydrogen-bond acceptors (Lipinski definition) is 6. The van der Waals surface area contributed by atoms with E-state index in [4.69, 9.17) is 9.72 Å². The number of fused-ring (bicyclic) bond motifs is 1. The van der Waals surface area contributed by atoms with Crippen LogP contribution in [-0.2, 0) is 11.2 Å². The summed E-state index contributed by atoms with van der Waals surface area (Å²) in [4.78, 5) is 15.2. The number of nitrogens with zero attached hydrogens (tertiary/aromatic N) is 4. The molecule has 1 aromatic heterocycles. The maximum absolute atomic E-state index is 14.3. The van der Waals surface area contributed by atoms with E-state index >= 15 is 0 Å². The Hall–Kier alpha value is -2.72. The van der Waals surface area contributed by atoms with Gasteiger partial charge in [-0.05, 0) is 32.1 Å². The summed E-state index contributed by atoms with van der Waals surface area (Å²) in [7, 11) is 0. The third kappa shape index (κ3) is 4.16. The van der Waals surface area contributed by atoms with Crippen molar-refractivity contribution in [3.8, 4) is 0 Å². The van der Waals surface area contributed by atoms with E-state index in [9.17, 15) is 18.3 Å². The molecule has 0 radical (unpaired) electrons. The number of rotatable bonds is 4. The van der Waals surface area contributed by atoms with Crippen molar-refractivity contribution in [2.24, 2.45) is 4.99 Å². The molecule has 1 aromatic carbocycles. The maximum atomic E-state index is 14.3. The van der Waals surface area contributed by atoms with Crippen LogP contribution in [0.4, 0.5) is 30.6 Å². The summed E-state index contributed by atoms with van der Waals surface area (Å²) < 4.78 is 47.4. The molecule has 1 aliphatic carbocycles. The Labute approximate surface area is 183 Å². The first kappa shape index (κ1) is 21.1. The van der Waals surface area contributed by atoms with E-state index in [0.717, 1.165) is 37.7 Å². The zero-order chi connectivity index (χ0) is 22.2. The van der Waals surface area contributed by atoms with Crippen molar-refractivity contribution in [3.63, 3.8) is 0 Å². The first-order valence-corrected chi connectivity index (χ1v) is 10.9. The largest absolute Gasteiger partial charge is 0.393 e. The van der Waals surface area contributed by atoms with Crippen LogP contribution in [0.15, 0.2) is 23.3 Å². The molecule has 170 valence electrons. The van der Waals surface area contributed by atoms with Gasteiger partial charge in [-0.15, -0.1) is 0 Å². The minimum atomic E-state index is -1.05. The lowest BCUT2D eigenvalue weighted by atomic mass is 9.93. The smallest absolute Gasteiger partial charge is 0.224 e. The van der Waals surface area contributed by atoms with Gasteiger partial charge in [-0.3, -0.25) is 0 Å². The molecule has 7 nitrogen and oxygen atoms in total. The molecule has 2 N–H and O–H groups in total. The number of aliphatic hydroxyl groups excluding tert-OH is 1. The minimum absolute atomic E-state index is 0.0749. The fraction of sp³-hybridized carbons (Fsp3) is 0.500. The molecule has 3 heterocycles. The maximum Gasteiger partial charge on any atom is 0.224 e. The number of amidine groups is 1. The number of aliphatic imine (C=N–C) groups is 1. The number of benzene rings is 1. The fourth-order valence-electron chi connectivity index (χ4n) is 4.55. The molecule has 2 aliphatic heterocycles. The highest BCUT2D eigenvalue weighted by atomic mass is 19.1. The van der Waals surface area contributed by atoms with Gasteiger partial charge in [0.15, 0.2) is 11.6 Å². The molecule has 5 rings (SSSR count). The molecule has 2 fully saturated rings. The molecule has 0 bridgehead atoms. The molecule has 3 aliphatic rings. The van der Waals surface area contributed by atoms with Crippen molar-refractivity contribution >= 4 is 23.3 Å². The van der Waals surface area contributed by atoms with Gasteiger partial charge in [-0.2, -0.15) is 4.98 Å². The van der Waals surface area contributed by atoms with Crippen LogP contribution in [-0.4, -0.2) is 52.3 Å². The standard InChI is InChI=1S/C22H24F3N5O2/c23-13-8-17(24)20(18(25)9-13)28-19-7-12-10-26-22(27-14-1-3-16(31)4-2-14)29-21(12)30(19)15-5-6-32-11-15/h8-10,14-16,31H,1-7,11H2,(H,26,27,29)/t14?,15-,16?/m0/s1. The third-order valence-corrected chi connectivity index (χ3v) is 6.22. The van der Waals surface area contributed by atoms with Gasteiger partial charge in [0.05, 0.1) is 18.8 Å². The van der Waals surface area contributed by atoms with Crippen molar-refractivity contribution in [1.29, 1.82) is 0 Å². The molecule has 0 unspecified atom stereocenters. The molecule has 2 aromatic rings. The monoisotopic (exact) mass is 447 g/mol. The number of aromatic nitrogens is 2. The number of ether oxygens (including phenoxy) is 1. The summed E-state index contributed by atoms with van der Waals surface area (Å²) in [6.07, 6.45) is 5.61. The Morgan fingerprint density at radius 1 is 1.09 bits per heavy atom. The Morgan fingerprint density at radius 3 is 2.53 bits per heavy atom. The molecule has 0 spiro atoms. The van der Waals surface area contributed by atoms with Gasteiger partial charge >= 0.3 is 0 Å². The number of hydrogen-bond donors (Lipinski definition) is 2. The van der Waals surface area contributed by atoms with E-state index in [1.54, 1.807) is 6.20 Å². The summed E-state index contributed by atoms with van der Waals surface area (Å²) in [6, 6.07) is 1.35. The van der Waals surface area contributed by atoms with Crippen LogP contribution in [0.25, 0.3) is 0 Å². The van der Waals surface area contributed by atoms with E-state index in [1.165, 1.54) is 0 Å². The number of aliphatic hydroxyl groups is 1. The number of halogens is 3. The Morgan fingerprint density at radius 2 is 1.84 bits per heavy atom. The van der Waals surface area contributed by atoms with Gasteiger partial charge in [0, 0.05) is 43.0 Å². The third-order valence-electron chi connectivity index (χ3n) is 6.22. The highest BCUT2D eigenvalue weighted by Crippen LogP contribution is 2.35. The Bertz CT molecular complexity index is 1010. The summed E-state index contributed by atoms with van der Waals surface area (Å²) in [5.74, 6) is -1.57. The van der Waals surface area contributed by atoms with E-state index in [2.05, 4.69) is 15.3 Å². The van der Waals surface area contributed by atoms with E-state index in [1.807, 2.05) is 4.90 Å². The molecule has 1 saturated carbocycles. The van der Waals surface area contributed by atoms with Gasteiger partial charge in [-0.1, -0.05) is 0 Å². The SMILES string of the molecule is OC1CCC(Nc2ncc3c(n2)N([C@H]2CCOC2)C(=Nc2c(F)cc(F)cc2F)C3)CC1. The second-order valence-corrected chi connectivity index (χ2v) is 8.50. The van der Waals surface area contributed by atoms with E-state index in [-0.39, 0.29) is 18.2 Å². The van der Waals surface area contributed by atoms with Crippen LogP contribution < -0.4 is 10.2 Å². The molecular weight excluding hydrogens is 423 g/mol. The normalized spacial score (nSPS) is 26.6. The van der Waals surface area contributed by atoms with Crippen LogP contribution in [0, 0.1) is 17.5 Å². The predicted octanol–water partition coefficient (Wildman–Crippen LogP) is 3.49. The first-order chi connectivity index (χ1) is 15.5. The van der Waals surface area contributed by atoms with Crippen molar-refractivity contribution < 1.29 is 23.0 Å². The quantitative estimate of drug-likeness (QED) is 0.747. The molecule has 10 heteroatoms. The molecule has 1 atom stereocenters. The predicted molar refractivity (Wildman–Crippen MR) is 113 cm³/mol. The van der Waals surface area contributed by atoms with Gasteiger partial charge < -0.3 is 20.1 Å². The van der Waals surface area contributed by atoms with Crippen LogP contribution in [0.2, 0.25) is 0 Å². The summed E-state index contributed by atoms with van der Waals surface area (Å²) in [5.41, 5.74) is 0.272. The van der Waals surface area contributed by atoms with E-state index < -0.39 is 23.1 Å². The lowest BCUT2D eigenvalue weighted by molar-refractivity contribution is 0.126. The highest BCUT2D eigenvalue weighted by Gasteiger charge is 2.36. The minimum Gasteiger partial charge on any atom is -0.393 e. The lowest BCUT2D eigenvalue weighted by Crippen LogP contribution is -2.39. The van der Waals surface area contributed by atoms with Gasteiger partial charge in [0.1, 0.15) is 23.2 Å². The average Bonchev–Trinajstić information content (AvgIpc) is 3.39. The lowest BCUT2D eigenvalue weighted by Gasteiger charge is -2.27. The Kier molecular flexibility index (Phi) is 5.73. The molecular formula is C22H24F3N5O2. The van der Waals surface area contributed by atoms with Crippen LogP contribution in [0.5, 0.6) is 0 Å². The van der Waals surface area contributed by atoms with Crippen LogP contribution in [0.1, 0.15) is 37.7 Å². The average molecular weight is 447 g/mol. The van der Waals surface area contributed by atoms with Gasteiger partial charge in [0.2, 0.25) is 5.95 Å². The van der Waals surface area contributed by atoms with Gasteiger partial charge in [-0.25, -0.2) is 23.1 Å². The summed E-state index contributed by atoms with van der Waals surface area (Å²) in [6.45, 7) is 1.02. The summed E-state index contributed by atoms with van der Waals surface area (Å²) >= 11 is 0. The topological polar surface area (TPSA) is 82.9 Å². The highest BCUT2D eigenvalue weighted by molar-refractivity contribution is 6.05. The van der Waals surface area contributed by atoms with Crippen molar-refractivity contribution in [3.05, 3.63) is 41.3 Å². The van der Waals surface area contributed by atoms with E-state index in [0.29, 0.717) is 49.4 Å². The second-order valence-electron chi connectivity index (χ2n) is 8.50.